The summed E-state index contributed by atoms with van der Waals surface area (Å²) in [4.78, 5) is 2.26. The summed E-state index contributed by atoms with van der Waals surface area (Å²) in [5.41, 5.74) is -1.72. The average molecular weight is 357 g/mol. The van der Waals surface area contributed by atoms with Crippen LogP contribution in [0, 0.1) is 29.5 Å². The largest absolute Gasteiger partial charge is 0.376 e. The molecular weight excluding hydrogens is 329 g/mol. The van der Waals surface area contributed by atoms with Crippen LogP contribution in [0.3, 0.4) is 0 Å². The van der Waals surface area contributed by atoms with Gasteiger partial charge in [-0.2, -0.15) is 0 Å². The number of nitrogens with zero attached hydrogens (tertiary/aromatic N) is 1. The predicted molar refractivity (Wildman–Crippen MR) is 98.8 cm³/mol. The number of hydrogen-bond donors (Lipinski definition) is 2. The van der Waals surface area contributed by atoms with Gasteiger partial charge in [0.2, 0.25) is 0 Å². The highest BCUT2D eigenvalue weighted by Gasteiger charge is 2.45. The van der Waals surface area contributed by atoms with Gasteiger partial charge in [0.1, 0.15) is 11.4 Å². The third kappa shape index (κ3) is 3.29. The Labute approximate surface area is 155 Å². The van der Waals surface area contributed by atoms with Gasteiger partial charge in [-0.25, -0.2) is 4.39 Å². The van der Waals surface area contributed by atoms with Gasteiger partial charge in [-0.1, -0.05) is 43.2 Å². The summed E-state index contributed by atoms with van der Waals surface area (Å²) in [5, 5.41) is 22.7. The molecule has 2 N–H and O–H groups in total. The molecule has 4 heteroatoms. The summed E-state index contributed by atoms with van der Waals surface area (Å²) in [6.07, 6.45) is 7.09. The van der Waals surface area contributed by atoms with Crippen molar-refractivity contribution < 1.29 is 14.6 Å². The Balaban J connectivity index is 1.68. The standard InChI is InChI=1S/C22H28FNO2/c23-20-8-6-19(7-9-20)22(26,18-4-2-1-3-5-18)13-12-21(25)16-24-14-10-17(21)11-15-24/h6-9,17-18,25-26H,1-5,10-11,14-16H2. The molecule has 1 aromatic rings. The minimum absolute atomic E-state index is 0.0268. The molecule has 4 aliphatic rings. The van der Waals surface area contributed by atoms with Crippen LogP contribution in [0.5, 0.6) is 0 Å². The van der Waals surface area contributed by atoms with Crippen LogP contribution in [0.15, 0.2) is 24.3 Å². The predicted octanol–water partition coefficient (Wildman–Crippen LogP) is 3.05. The van der Waals surface area contributed by atoms with E-state index in [1.807, 2.05) is 0 Å². The van der Waals surface area contributed by atoms with Gasteiger partial charge in [0, 0.05) is 18.4 Å². The van der Waals surface area contributed by atoms with E-state index in [-0.39, 0.29) is 17.7 Å². The second-order valence-corrected chi connectivity index (χ2v) is 8.33. The van der Waals surface area contributed by atoms with E-state index < -0.39 is 11.2 Å². The number of benzene rings is 1. The third-order valence-electron chi connectivity index (χ3n) is 6.68. The Kier molecular flexibility index (Phi) is 4.81. The van der Waals surface area contributed by atoms with Crippen molar-refractivity contribution in [2.75, 3.05) is 19.6 Å². The van der Waals surface area contributed by atoms with Crippen molar-refractivity contribution in [2.45, 2.75) is 56.1 Å². The molecule has 2 atom stereocenters. The molecule has 3 saturated heterocycles. The van der Waals surface area contributed by atoms with E-state index in [1.54, 1.807) is 12.1 Å². The van der Waals surface area contributed by atoms with E-state index in [1.165, 1.54) is 18.6 Å². The van der Waals surface area contributed by atoms with Gasteiger partial charge in [-0.3, -0.25) is 4.90 Å². The summed E-state index contributed by atoms with van der Waals surface area (Å²) in [6, 6.07) is 6.04. The van der Waals surface area contributed by atoms with Crippen molar-refractivity contribution in [3.63, 3.8) is 0 Å². The van der Waals surface area contributed by atoms with Crippen LogP contribution in [-0.2, 0) is 5.60 Å². The number of hydrogen-bond acceptors (Lipinski definition) is 3. The average Bonchev–Trinajstić information content (AvgIpc) is 2.68. The monoisotopic (exact) mass is 357 g/mol. The zero-order chi connectivity index (χ0) is 18.2. The summed E-state index contributed by atoms with van der Waals surface area (Å²) in [5.74, 6) is 6.10. The van der Waals surface area contributed by atoms with Crippen molar-refractivity contribution in [1.82, 2.24) is 4.90 Å². The van der Waals surface area contributed by atoms with Crippen LogP contribution >= 0.6 is 0 Å². The molecule has 3 heterocycles. The second-order valence-electron chi connectivity index (χ2n) is 8.33. The smallest absolute Gasteiger partial charge is 0.153 e. The van der Waals surface area contributed by atoms with Crippen molar-refractivity contribution in [3.05, 3.63) is 35.6 Å². The molecule has 140 valence electrons. The molecule has 2 bridgehead atoms. The normalized spacial score (nSPS) is 34.0. The molecule has 0 radical (unpaired) electrons. The van der Waals surface area contributed by atoms with Gasteiger partial charge in [-0.15, -0.1) is 0 Å². The molecule has 1 saturated carbocycles. The summed E-state index contributed by atoms with van der Waals surface area (Å²) in [6.45, 7) is 2.62. The lowest BCUT2D eigenvalue weighted by Gasteiger charge is -2.48. The minimum Gasteiger partial charge on any atom is -0.376 e. The van der Waals surface area contributed by atoms with Crippen LogP contribution in [0.25, 0.3) is 0 Å². The van der Waals surface area contributed by atoms with E-state index in [2.05, 4.69) is 16.7 Å². The maximum atomic E-state index is 13.4. The maximum absolute atomic E-state index is 13.4. The van der Waals surface area contributed by atoms with Crippen molar-refractivity contribution in [3.8, 4) is 11.8 Å². The molecule has 0 amide bonds. The molecule has 1 aromatic carbocycles. The second kappa shape index (κ2) is 6.96. The number of piperidine rings is 3. The topological polar surface area (TPSA) is 43.7 Å². The van der Waals surface area contributed by atoms with E-state index >= 15 is 0 Å². The molecule has 26 heavy (non-hydrogen) atoms. The van der Waals surface area contributed by atoms with Gasteiger partial charge in [0.05, 0.1) is 0 Å². The molecule has 3 nitrogen and oxygen atoms in total. The third-order valence-corrected chi connectivity index (χ3v) is 6.68. The number of rotatable bonds is 2. The highest BCUT2D eigenvalue weighted by atomic mass is 19.1. The molecule has 2 unspecified atom stereocenters. The number of aliphatic hydroxyl groups is 2. The van der Waals surface area contributed by atoms with E-state index in [9.17, 15) is 14.6 Å². The Hall–Kier alpha value is -1.41. The fourth-order valence-corrected chi connectivity index (χ4v) is 5.02. The van der Waals surface area contributed by atoms with Crippen LogP contribution in [0.4, 0.5) is 4.39 Å². The maximum Gasteiger partial charge on any atom is 0.153 e. The lowest BCUT2D eigenvalue weighted by Crippen LogP contribution is -2.58. The fraction of sp³-hybridized carbons (Fsp3) is 0.636. The zero-order valence-corrected chi connectivity index (χ0v) is 15.3. The van der Waals surface area contributed by atoms with Gasteiger partial charge in [-0.05, 0) is 56.5 Å². The van der Waals surface area contributed by atoms with Crippen LogP contribution in [0.1, 0.15) is 50.5 Å². The SMILES string of the molecule is OC1(C#CC(O)(c2ccc(F)cc2)C2CCCCC2)CN2CCC1CC2. The lowest BCUT2D eigenvalue weighted by atomic mass is 9.72. The summed E-state index contributed by atoms with van der Waals surface area (Å²) >= 11 is 0. The summed E-state index contributed by atoms with van der Waals surface area (Å²) in [7, 11) is 0. The van der Waals surface area contributed by atoms with E-state index in [0.717, 1.165) is 51.6 Å². The van der Waals surface area contributed by atoms with Crippen LogP contribution < -0.4 is 0 Å². The quantitative estimate of drug-likeness (QED) is 0.800. The van der Waals surface area contributed by atoms with Gasteiger partial charge in [0.25, 0.3) is 0 Å². The Bertz CT molecular complexity index is 695. The first-order valence-corrected chi connectivity index (χ1v) is 9.97. The first-order valence-electron chi connectivity index (χ1n) is 9.97. The van der Waals surface area contributed by atoms with Crippen molar-refractivity contribution >= 4 is 0 Å². The Morgan fingerprint density at radius 2 is 1.69 bits per heavy atom. The Morgan fingerprint density at radius 3 is 2.27 bits per heavy atom. The first kappa shape index (κ1) is 18.0. The fourth-order valence-electron chi connectivity index (χ4n) is 5.02. The van der Waals surface area contributed by atoms with E-state index in [4.69, 9.17) is 0 Å². The van der Waals surface area contributed by atoms with Gasteiger partial charge < -0.3 is 10.2 Å². The first-order chi connectivity index (χ1) is 12.5. The highest BCUT2D eigenvalue weighted by molar-refractivity contribution is 5.36. The molecule has 5 rings (SSSR count). The zero-order valence-electron chi connectivity index (χ0n) is 15.3. The van der Waals surface area contributed by atoms with E-state index in [0.29, 0.717) is 12.1 Å². The highest BCUT2D eigenvalue weighted by Crippen LogP contribution is 2.40. The molecular formula is C22H28FNO2. The molecule has 1 aliphatic carbocycles. The Morgan fingerprint density at radius 1 is 1.04 bits per heavy atom. The molecule has 0 aromatic heterocycles. The van der Waals surface area contributed by atoms with Gasteiger partial charge >= 0.3 is 0 Å². The van der Waals surface area contributed by atoms with Crippen LogP contribution in [-0.4, -0.2) is 40.3 Å². The molecule has 3 aliphatic heterocycles. The number of fused-ring (bicyclic) bond motifs is 3. The lowest BCUT2D eigenvalue weighted by molar-refractivity contribution is -0.0722. The number of halogens is 1. The van der Waals surface area contributed by atoms with Crippen molar-refractivity contribution in [2.24, 2.45) is 11.8 Å². The summed E-state index contributed by atoms with van der Waals surface area (Å²) < 4.78 is 13.4. The van der Waals surface area contributed by atoms with Crippen molar-refractivity contribution in [1.29, 1.82) is 0 Å². The van der Waals surface area contributed by atoms with Crippen LogP contribution in [0.2, 0.25) is 0 Å². The molecule has 4 fully saturated rings. The van der Waals surface area contributed by atoms with Gasteiger partial charge in [0.15, 0.2) is 5.60 Å². The molecule has 0 spiro atoms. The minimum atomic E-state index is -1.32.